The SMILES string of the molecule is CC(NC(c1ccccc1)C1CC1)C(=O)N1CC(=O)Nc2cc(C(F)(F)F)ccc21. The molecule has 2 unspecified atom stereocenters. The lowest BCUT2D eigenvalue weighted by Crippen LogP contribution is -2.50. The first kappa shape index (κ1) is 20.4. The number of hydrogen-bond acceptors (Lipinski definition) is 3. The third kappa shape index (κ3) is 4.18. The first-order valence-corrected chi connectivity index (χ1v) is 9.87. The molecular weight excluding hydrogens is 395 g/mol. The van der Waals surface area contributed by atoms with Gasteiger partial charge in [0.05, 0.1) is 23.0 Å². The standard InChI is InChI=1S/C22H22F3N3O2/c1-13(26-20(15-7-8-15)14-5-3-2-4-6-14)21(30)28-12-19(29)27-17-11-16(22(23,24)25)9-10-18(17)28/h2-6,9-11,13,15,20,26H,7-8,12H2,1H3,(H,27,29). The Morgan fingerprint density at radius 3 is 2.50 bits per heavy atom. The minimum absolute atomic E-state index is 0.0100. The molecule has 1 fully saturated rings. The van der Waals surface area contributed by atoms with Gasteiger partial charge < -0.3 is 5.32 Å². The van der Waals surface area contributed by atoms with E-state index in [0.717, 1.165) is 30.5 Å². The summed E-state index contributed by atoms with van der Waals surface area (Å²) in [6.45, 7) is 1.49. The predicted molar refractivity (Wildman–Crippen MR) is 107 cm³/mol. The van der Waals surface area contributed by atoms with Crippen molar-refractivity contribution in [3.63, 3.8) is 0 Å². The third-order valence-corrected chi connectivity index (χ3v) is 5.51. The maximum absolute atomic E-state index is 13.2. The van der Waals surface area contributed by atoms with Gasteiger partial charge in [0.15, 0.2) is 0 Å². The van der Waals surface area contributed by atoms with Gasteiger partial charge in [0.25, 0.3) is 0 Å². The van der Waals surface area contributed by atoms with Crippen molar-refractivity contribution in [3.05, 3.63) is 59.7 Å². The van der Waals surface area contributed by atoms with Crippen molar-refractivity contribution in [3.8, 4) is 0 Å². The highest BCUT2D eigenvalue weighted by Gasteiger charge is 2.37. The van der Waals surface area contributed by atoms with Crippen molar-refractivity contribution < 1.29 is 22.8 Å². The maximum Gasteiger partial charge on any atom is 0.416 e. The van der Waals surface area contributed by atoms with Crippen LogP contribution in [0.15, 0.2) is 48.5 Å². The van der Waals surface area contributed by atoms with E-state index in [0.29, 0.717) is 5.92 Å². The normalized spacial score (nSPS) is 18.4. The molecule has 2 aliphatic rings. The van der Waals surface area contributed by atoms with Gasteiger partial charge in [-0.05, 0) is 49.4 Å². The molecule has 4 rings (SSSR count). The molecule has 2 atom stereocenters. The second-order valence-electron chi connectivity index (χ2n) is 7.82. The number of halogens is 3. The van der Waals surface area contributed by atoms with E-state index >= 15 is 0 Å². The number of carbonyl (C=O) groups excluding carboxylic acids is 2. The molecule has 30 heavy (non-hydrogen) atoms. The topological polar surface area (TPSA) is 61.4 Å². The van der Waals surface area contributed by atoms with Crippen LogP contribution < -0.4 is 15.5 Å². The molecule has 1 saturated carbocycles. The smallest absolute Gasteiger partial charge is 0.323 e. The summed E-state index contributed by atoms with van der Waals surface area (Å²) in [5.74, 6) is -0.439. The Morgan fingerprint density at radius 2 is 1.87 bits per heavy atom. The maximum atomic E-state index is 13.2. The fourth-order valence-corrected chi connectivity index (χ4v) is 3.83. The number of nitrogens with one attached hydrogen (secondary N) is 2. The summed E-state index contributed by atoms with van der Waals surface area (Å²) in [6.07, 6.45) is -2.39. The van der Waals surface area contributed by atoms with E-state index in [4.69, 9.17) is 0 Å². The first-order chi connectivity index (χ1) is 14.2. The zero-order valence-corrected chi connectivity index (χ0v) is 16.4. The molecule has 5 nitrogen and oxygen atoms in total. The van der Waals surface area contributed by atoms with Crippen LogP contribution in [0.1, 0.15) is 36.9 Å². The van der Waals surface area contributed by atoms with Crippen LogP contribution in [0.4, 0.5) is 24.5 Å². The predicted octanol–water partition coefficient (Wildman–Crippen LogP) is 4.12. The van der Waals surface area contributed by atoms with Gasteiger partial charge in [-0.25, -0.2) is 0 Å². The second kappa shape index (κ2) is 7.75. The van der Waals surface area contributed by atoms with Crippen LogP contribution >= 0.6 is 0 Å². The summed E-state index contributed by atoms with van der Waals surface area (Å²) in [5.41, 5.74) is 0.471. The fourth-order valence-electron chi connectivity index (χ4n) is 3.83. The number of alkyl halides is 3. The Morgan fingerprint density at radius 1 is 1.17 bits per heavy atom. The highest BCUT2D eigenvalue weighted by atomic mass is 19.4. The number of fused-ring (bicyclic) bond motifs is 1. The van der Waals surface area contributed by atoms with Gasteiger partial charge in [-0.15, -0.1) is 0 Å². The summed E-state index contributed by atoms with van der Waals surface area (Å²) >= 11 is 0. The summed E-state index contributed by atoms with van der Waals surface area (Å²) in [6, 6.07) is 12.3. The van der Waals surface area contributed by atoms with Gasteiger partial charge in [-0.1, -0.05) is 30.3 Å². The minimum atomic E-state index is -4.53. The van der Waals surface area contributed by atoms with Gasteiger partial charge in [-0.2, -0.15) is 13.2 Å². The molecule has 0 bridgehead atoms. The van der Waals surface area contributed by atoms with E-state index in [1.807, 2.05) is 30.3 Å². The van der Waals surface area contributed by atoms with Crippen molar-refractivity contribution in [2.24, 2.45) is 5.92 Å². The largest absolute Gasteiger partial charge is 0.416 e. The van der Waals surface area contributed by atoms with Gasteiger partial charge >= 0.3 is 6.18 Å². The van der Waals surface area contributed by atoms with Crippen molar-refractivity contribution in [2.75, 3.05) is 16.8 Å². The van der Waals surface area contributed by atoms with E-state index in [-0.39, 0.29) is 29.9 Å². The summed E-state index contributed by atoms with van der Waals surface area (Å²) < 4.78 is 39.1. The molecule has 0 spiro atoms. The van der Waals surface area contributed by atoms with E-state index < -0.39 is 23.7 Å². The lowest BCUT2D eigenvalue weighted by atomic mass is 10.0. The van der Waals surface area contributed by atoms with E-state index in [9.17, 15) is 22.8 Å². The number of amides is 2. The molecule has 2 N–H and O–H groups in total. The van der Waals surface area contributed by atoms with Gasteiger partial charge in [0.2, 0.25) is 11.8 Å². The van der Waals surface area contributed by atoms with Crippen LogP contribution in [0.2, 0.25) is 0 Å². The molecule has 0 saturated heterocycles. The van der Waals surface area contributed by atoms with E-state index in [2.05, 4.69) is 10.6 Å². The average Bonchev–Trinajstić information content (AvgIpc) is 3.55. The zero-order chi connectivity index (χ0) is 21.5. The lowest BCUT2D eigenvalue weighted by molar-refractivity contribution is -0.137. The lowest BCUT2D eigenvalue weighted by Gasteiger charge is -2.33. The monoisotopic (exact) mass is 417 g/mol. The van der Waals surface area contributed by atoms with Crippen LogP contribution in [0.3, 0.4) is 0 Å². The number of carbonyl (C=O) groups is 2. The second-order valence-corrected chi connectivity index (χ2v) is 7.82. The van der Waals surface area contributed by atoms with Crippen LogP contribution in [-0.2, 0) is 15.8 Å². The number of hydrogen-bond donors (Lipinski definition) is 2. The molecule has 2 aromatic rings. The molecule has 8 heteroatoms. The van der Waals surface area contributed by atoms with Crippen LogP contribution in [0.25, 0.3) is 0 Å². The molecular formula is C22H22F3N3O2. The van der Waals surface area contributed by atoms with Gasteiger partial charge in [0, 0.05) is 6.04 Å². The Kier molecular flexibility index (Phi) is 5.27. The third-order valence-electron chi connectivity index (χ3n) is 5.51. The molecule has 0 aromatic heterocycles. The molecule has 1 aliphatic carbocycles. The minimum Gasteiger partial charge on any atom is -0.323 e. The average molecular weight is 417 g/mol. The molecule has 1 heterocycles. The Balaban J connectivity index is 1.56. The number of anilines is 2. The molecule has 2 amide bonds. The van der Waals surface area contributed by atoms with Crippen molar-refractivity contribution in [2.45, 2.75) is 38.0 Å². The van der Waals surface area contributed by atoms with Gasteiger partial charge in [-0.3, -0.25) is 19.8 Å². The van der Waals surface area contributed by atoms with E-state index in [1.165, 1.54) is 11.0 Å². The van der Waals surface area contributed by atoms with Crippen molar-refractivity contribution >= 4 is 23.2 Å². The zero-order valence-electron chi connectivity index (χ0n) is 16.4. The number of benzene rings is 2. The van der Waals surface area contributed by atoms with Crippen LogP contribution in [-0.4, -0.2) is 24.4 Å². The number of nitrogens with zero attached hydrogens (tertiary/aromatic N) is 1. The number of rotatable bonds is 5. The van der Waals surface area contributed by atoms with E-state index in [1.54, 1.807) is 6.92 Å². The summed E-state index contributed by atoms with van der Waals surface area (Å²) in [7, 11) is 0. The molecule has 0 radical (unpaired) electrons. The quantitative estimate of drug-likeness (QED) is 0.770. The fraction of sp³-hybridized carbons (Fsp3) is 0.364. The van der Waals surface area contributed by atoms with Crippen molar-refractivity contribution in [1.82, 2.24) is 5.32 Å². The van der Waals surface area contributed by atoms with Crippen molar-refractivity contribution in [1.29, 1.82) is 0 Å². The first-order valence-electron chi connectivity index (χ1n) is 9.87. The Bertz CT molecular complexity index is 958. The highest BCUT2D eigenvalue weighted by molar-refractivity contribution is 6.11. The highest BCUT2D eigenvalue weighted by Crippen LogP contribution is 2.41. The summed E-state index contributed by atoms with van der Waals surface area (Å²) in [4.78, 5) is 26.5. The Hall–Kier alpha value is -2.87. The van der Waals surface area contributed by atoms with Crippen LogP contribution in [0, 0.1) is 5.92 Å². The van der Waals surface area contributed by atoms with Crippen LogP contribution in [0.5, 0.6) is 0 Å². The summed E-state index contributed by atoms with van der Waals surface area (Å²) in [5, 5.41) is 5.81. The Labute approximate surface area is 172 Å². The van der Waals surface area contributed by atoms with Gasteiger partial charge in [0.1, 0.15) is 6.54 Å². The molecule has 2 aromatic carbocycles. The molecule has 158 valence electrons. The molecule has 1 aliphatic heterocycles.